The van der Waals surface area contributed by atoms with E-state index < -0.39 is 47.9 Å². The Morgan fingerprint density at radius 3 is 2.41 bits per heavy atom. The van der Waals surface area contributed by atoms with Crippen molar-refractivity contribution in [2.24, 2.45) is 0 Å². The molecule has 1 atom stereocenters. The number of amides is 2. The highest BCUT2D eigenvalue weighted by atomic mass is 32.1. The molecule has 16 heteroatoms. The molecule has 2 aliphatic heterocycles. The van der Waals surface area contributed by atoms with Crippen molar-refractivity contribution in [1.29, 1.82) is 0 Å². The molecule has 3 aromatic rings. The average Bonchev–Trinajstić information content (AvgIpc) is 3.66. The molecule has 246 valence electrons. The fourth-order valence-corrected chi connectivity index (χ4v) is 6.52. The minimum atomic E-state index is -5.11. The minimum Gasteiger partial charge on any atom is -0.480 e. The van der Waals surface area contributed by atoms with E-state index in [0.717, 1.165) is 0 Å². The number of carboxylic acids is 1. The lowest BCUT2D eigenvalue weighted by Gasteiger charge is -2.43. The number of thiophene rings is 1. The average molecular weight is 665 g/mol. The van der Waals surface area contributed by atoms with E-state index in [9.17, 15) is 37.5 Å². The van der Waals surface area contributed by atoms with Gasteiger partial charge in [0.1, 0.15) is 29.0 Å². The molecular weight excluding hydrogens is 633 g/mol. The normalized spacial score (nSPS) is 16.7. The maximum atomic E-state index is 13.8. The fraction of sp³-hybridized carbons (Fsp3) is 0.433. The zero-order chi connectivity index (χ0) is 33.4. The summed E-state index contributed by atoms with van der Waals surface area (Å²) in [7, 11) is 0. The van der Waals surface area contributed by atoms with E-state index in [2.05, 4.69) is 9.72 Å². The van der Waals surface area contributed by atoms with E-state index in [-0.39, 0.29) is 44.7 Å². The third kappa shape index (κ3) is 6.52. The minimum absolute atomic E-state index is 0.00180. The molecule has 0 aliphatic carbocycles. The number of hydrogen-bond donors (Lipinski definition) is 1. The number of piperidine rings is 1. The lowest BCUT2D eigenvalue weighted by molar-refractivity contribution is -0.206. The van der Waals surface area contributed by atoms with Crippen LogP contribution in [0.2, 0.25) is 0 Å². The van der Waals surface area contributed by atoms with Gasteiger partial charge in [-0.3, -0.25) is 4.79 Å². The molecule has 5 rings (SSSR count). The lowest BCUT2D eigenvalue weighted by atomic mass is 9.99. The molecule has 2 amide bonds. The van der Waals surface area contributed by atoms with Crippen LogP contribution >= 0.6 is 11.3 Å². The molecule has 1 N–H and O–H groups in total. The molecule has 0 spiro atoms. The third-order valence-corrected chi connectivity index (χ3v) is 9.36. The number of carboxylic acid groups (broad SMARTS) is 1. The van der Waals surface area contributed by atoms with Gasteiger partial charge in [0.2, 0.25) is 5.89 Å². The Bertz CT molecular complexity index is 1600. The summed E-state index contributed by atoms with van der Waals surface area (Å²) in [5.74, 6) is -3.66. The summed E-state index contributed by atoms with van der Waals surface area (Å²) < 4.78 is 53.9. The number of oxazole rings is 1. The Balaban J connectivity index is 1.42. The quantitative estimate of drug-likeness (QED) is 0.318. The van der Waals surface area contributed by atoms with Crippen LogP contribution in [0.15, 0.2) is 47.2 Å². The van der Waals surface area contributed by atoms with Crippen molar-refractivity contribution in [3.63, 3.8) is 0 Å². The van der Waals surface area contributed by atoms with Gasteiger partial charge in [-0.2, -0.15) is 13.2 Å². The smallest absolute Gasteiger partial charge is 0.480 e. The van der Waals surface area contributed by atoms with Crippen molar-refractivity contribution in [2.45, 2.75) is 57.5 Å². The highest BCUT2D eigenvalue weighted by Gasteiger charge is 2.46. The predicted molar refractivity (Wildman–Crippen MR) is 157 cm³/mol. The van der Waals surface area contributed by atoms with Gasteiger partial charge in [-0.05, 0) is 31.9 Å². The van der Waals surface area contributed by atoms with Crippen LogP contribution < -0.4 is 4.90 Å². The molecule has 2 aliphatic rings. The second-order valence-corrected chi connectivity index (χ2v) is 12.4. The topological polar surface area (TPSA) is 143 Å². The standard InChI is InChI=1S/C30H31F3N4O8S/c1-17-21-24(38)37(29(2,3)26(39)40)16-36(25(21)46-22(17)23-34-11-14-43-23)15-20(18-7-5-4-6-8-18)45-28(42)35-12-9-19(10-13-35)44-27(41)30(31,32)33/h4-8,11,14,19-20H,9-10,12-13,15-16H2,1-3H3,(H,39,40). The Labute approximate surface area is 265 Å². The van der Waals surface area contributed by atoms with Crippen molar-refractivity contribution in [3.8, 4) is 10.8 Å². The monoisotopic (exact) mass is 664 g/mol. The van der Waals surface area contributed by atoms with Gasteiger partial charge in [0.15, 0.2) is 0 Å². The number of carbonyl (C=O) groups is 4. The van der Waals surface area contributed by atoms with Crippen LogP contribution in [-0.4, -0.2) is 88.0 Å². The number of halogens is 3. The Kier molecular flexibility index (Phi) is 9.02. The zero-order valence-electron chi connectivity index (χ0n) is 25.1. The molecule has 1 unspecified atom stereocenters. The lowest BCUT2D eigenvalue weighted by Crippen LogP contribution is -2.59. The van der Waals surface area contributed by atoms with Gasteiger partial charge >= 0.3 is 24.2 Å². The number of ether oxygens (including phenoxy) is 2. The van der Waals surface area contributed by atoms with Gasteiger partial charge in [-0.25, -0.2) is 19.4 Å². The third-order valence-electron chi connectivity index (χ3n) is 8.02. The number of aromatic nitrogens is 1. The highest BCUT2D eigenvalue weighted by molar-refractivity contribution is 7.20. The van der Waals surface area contributed by atoms with E-state index in [0.29, 0.717) is 26.9 Å². The van der Waals surface area contributed by atoms with Crippen LogP contribution in [0.3, 0.4) is 0 Å². The number of carbonyl (C=O) groups excluding carboxylic acids is 3. The number of alkyl halides is 3. The Hall–Kier alpha value is -4.60. The van der Waals surface area contributed by atoms with Crippen molar-refractivity contribution in [1.82, 2.24) is 14.8 Å². The van der Waals surface area contributed by atoms with E-state index >= 15 is 0 Å². The Morgan fingerprint density at radius 2 is 1.83 bits per heavy atom. The molecule has 0 saturated carbocycles. The van der Waals surface area contributed by atoms with Crippen LogP contribution in [-0.2, 0) is 19.1 Å². The van der Waals surface area contributed by atoms with Gasteiger partial charge in [-0.1, -0.05) is 30.3 Å². The van der Waals surface area contributed by atoms with E-state index in [4.69, 9.17) is 9.15 Å². The number of anilines is 1. The molecule has 0 bridgehead atoms. The second-order valence-electron chi connectivity index (χ2n) is 11.4. The van der Waals surface area contributed by atoms with Crippen LogP contribution in [0.5, 0.6) is 0 Å². The van der Waals surface area contributed by atoms with Crippen molar-refractivity contribution in [3.05, 3.63) is 59.5 Å². The predicted octanol–water partition coefficient (Wildman–Crippen LogP) is 5.24. The van der Waals surface area contributed by atoms with E-state index in [1.165, 1.54) is 47.4 Å². The maximum absolute atomic E-state index is 13.8. The summed E-state index contributed by atoms with van der Waals surface area (Å²) in [4.78, 5) is 59.8. The first-order chi connectivity index (χ1) is 21.7. The summed E-state index contributed by atoms with van der Waals surface area (Å²) in [6.45, 7) is 4.48. The summed E-state index contributed by atoms with van der Waals surface area (Å²) >= 11 is 1.25. The van der Waals surface area contributed by atoms with Gasteiger partial charge in [0.25, 0.3) is 5.91 Å². The van der Waals surface area contributed by atoms with Gasteiger partial charge in [0.05, 0.1) is 29.9 Å². The summed E-state index contributed by atoms with van der Waals surface area (Å²) in [6, 6.07) is 8.83. The molecule has 12 nitrogen and oxygen atoms in total. The number of esters is 1. The van der Waals surface area contributed by atoms with Crippen molar-refractivity contribution in [2.75, 3.05) is 31.2 Å². The largest absolute Gasteiger partial charge is 0.490 e. The summed E-state index contributed by atoms with van der Waals surface area (Å²) in [6.07, 6.45) is -4.85. The van der Waals surface area contributed by atoms with Gasteiger partial charge in [0, 0.05) is 25.9 Å². The first kappa shape index (κ1) is 32.8. The van der Waals surface area contributed by atoms with Crippen LogP contribution in [0, 0.1) is 6.92 Å². The molecule has 4 heterocycles. The summed E-state index contributed by atoms with van der Waals surface area (Å²) in [5, 5.41) is 10.5. The number of hydrogen-bond acceptors (Lipinski definition) is 10. The number of fused-ring (bicyclic) bond motifs is 1. The van der Waals surface area contributed by atoms with E-state index in [1.54, 1.807) is 42.2 Å². The van der Waals surface area contributed by atoms with Crippen LogP contribution in [0.1, 0.15) is 54.3 Å². The molecule has 1 fully saturated rings. The summed E-state index contributed by atoms with van der Waals surface area (Å²) in [5.41, 5.74) is -0.129. The van der Waals surface area contributed by atoms with Crippen LogP contribution in [0.25, 0.3) is 10.8 Å². The molecule has 1 aromatic carbocycles. The first-order valence-corrected chi connectivity index (χ1v) is 15.1. The second kappa shape index (κ2) is 12.7. The number of nitrogens with zero attached hydrogens (tertiary/aromatic N) is 4. The van der Waals surface area contributed by atoms with Gasteiger partial charge < -0.3 is 33.7 Å². The maximum Gasteiger partial charge on any atom is 0.490 e. The number of aliphatic carboxylic acids is 1. The molecule has 46 heavy (non-hydrogen) atoms. The van der Waals surface area contributed by atoms with Crippen molar-refractivity contribution >= 4 is 40.3 Å². The Morgan fingerprint density at radius 1 is 1.15 bits per heavy atom. The fourth-order valence-electron chi connectivity index (χ4n) is 5.28. The molecule has 1 saturated heterocycles. The zero-order valence-corrected chi connectivity index (χ0v) is 25.9. The van der Waals surface area contributed by atoms with E-state index in [1.807, 2.05) is 0 Å². The SMILES string of the molecule is Cc1c(-c2ncco2)sc2c1C(=O)N(C(C)(C)C(=O)O)CN2CC(OC(=O)N1CCC(OC(=O)C(F)(F)F)CC1)c1ccccc1. The van der Waals surface area contributed by atoms with Crippen molar-refractivity contribution < 1.29 is 51.3 Å². The molecule has 2 aromatic heterocycles. The molecular formula is C30H31F3N4O8S. The number of likely N-dealkylation sites (tertiary alicyclic amines) is 1. The first-order valence-electron chi connectivity index (χ1n) is 14.3. The van der Waals surface area contributed by atoms with Crippen LogP contribution in [0.4, 0.5) is 23.0 Å². The highest BCUT2D eigenvalue weighted by Crippen LogP contribution is 2.45. The number of rotatable bonds is 8. The molecule has 0 radical (unpaired) electrons. The number of benzene rings is 1. The van der Waals surface area contributed by atoms with Gasteiger partial charge in [-0.15, -0.1) is 11.3 Å².